The fourth-order valence-electron chi connectivity index (χ4n) is 7.39. The number of aliphatic hydroxyl groups is 3. The van der Waals surface area contributed by atoms with E-state index in [9.17, 15) is 20.1 Å². The first-order chi connectivity index (χ1) is 17.6. The van der Waals surface area contributed by atoms with E-state index >= 15 is 0 Å². The van der Waals surface area contributed by atoms with Crippen molar-refractivity contribution in [3.8, 4) is 11.8 Å². The maximum Gasteiger partial charge on any atom is 0.214 e. The van der Waals surface area contributed by atoms with Crippen LogP contribution in [0.1, 0.15) is 91.4 Å². The molecule has 0 aromatic carbocycles. The summed E-state index contributed by atoms with van der Waals surface area (Å²) in [6.45, 7) is 10.8. The molecule has 0 amide bonds. The summed E-state index contributed by atoms with van der Waals surface area (Å²) in [4.78, 5) is 12.6. The first-order valence-electron chi connectivity index (χ1n) is 14.5. The van der Waals surface area contributed by atoms with Crippen LogP contribution in [0.25, 0.3) is 0 Å². The number of hydrogen-bond acceptors (Lipinski definition) is 4. The second-order valence-electron chi connectivity index (χ2n) is 12.4. The number of hydrogen-bond donors (Lipinski definition) is 3. The summed E-state index contributed by atoms with van der Waals surface area (Å²) < 4.78 is 0. The predicted molar refractivity (Wildman–Crippen MR) is 148 cm³/mol. The lowest BCUT2D eigenvalue weighted by molar-refractivity contribution is -0.121. The third-order valence-electron chi connectivity index (χ3n) is 9.92. The molecule has 4 nitrogen and oxygen atoms in total. The first kappa shape index (κ1) is 28.1. The summed E-state index contributed by atoms with van der Waals surface area (Å²) in [5.74, 6) is 7.00. The Hall–Kier alpha value is -1.93. The SMILES string of the molecule is C=C1/C(=C\C=C2/CCC[C@]3(C)[C@@H]([C@H](C)/C=C/[C@@H](O)C4(C(=O)C#CCCC)CC4)CC[C@@H]23)C[C@@H](O)C[C@@H]1O. The lowest BCUT2D eigenvalue weighted by Gasteiger charge is -2.44. The van der Waals surface area contributed by atoms with E-state index < -0.39 is 23.7 Å². The van der Waals surface area contributed by atoms with Crippen molar-refractivity contribution in [3.05, 3.63) is 47.6 Å². The van der Waals surface area contributed by atoms with E-state index in [2.05, 4.69) is 50.5 Å². The molecule has 3 N–H and O–H groups in total. The number of rotatable bonds is 7. The number of ketones is 1. The Bertz CT molecular complexity index is 1030. The molecule has 0 aromatic rings. The van der Waals surface area contributed by atoms with Gasteiger partial charge in [0.05, 0.1) is 23.7 Å². The van der Waals surface area contributed by atoms with E-state index in [0.717, 1.165) is 56.1 Å². The van der Waals surface area contributed by atoms with Crippen LogP contribution in [0.4, 0.5) is 0 Å². The summed E-state index contributed by atoms with van der Waals surface area (Å²) in [5.41, 5.74) is 2.71. The van der Waals surface area contributed by atoms with E-state index in [4.69, 9.17) is 0 Å². The Balaban J connectivity index is 1.44. The van der Waals surface area contributed by atoms with E-state index in [0.29, 0.717) is 30.6 Å². The molecule has 0 bridgehead atoms. The average Bonchev–Trinajstić information content (AvgIpc) is 3.60. The molecule has 0 spiro atoms. The Morgan fingerprint density at radius 1 is 1.19 bits per heavy atom. The summed E-state index contributed by atoms with van der Waals surface area (Å²) in [6, 6.07) is 0. The topological polar surface area (TPSA) is 77.8 Å². The van der Waals surface area contributed by atoms with Crippen LogP contribution in [0.5, 0.6) is 0 Å². The molecule has 7 atom stereocenters. The van der Waals surface area contributed by atoms with Crippen LogP contribution in [0.2, 0.25) is 0 Å². The molecule has 4 saturated carbocycles. The van der Waals surface area contributed by atoms with Gasteiger partial charge in [0.15, 0.2) is 0 Å². The fourth-order valence-corrected chi connectivity index (χ4v) is 7.39. The van der Waals surface area contributed by atoms with Gasteiger partial charge in [0, 0.05) is 12.8 Å². The van der Waals surface area contributed by atoms with Crippen LogP contribution in [0.3, 0.4) is 0 Å². The predicted octanol–water partition coefficient (Wildman–Crippen LogP) is 5.83. The highest BCUT2D eigenvalue weighted by Gasteiger charge is 2.54. The number of carbonyl (C=O) groups excluding carboxylic acids is 1. The zero-order valence-corrected chi connectivity index (χ0v) is 23.0. The van der Waals surface area contributed by atoms with E-state index in [-0.39, 0.29) is 11.2 Å². The highest BCUT2D eigenvalue weighted by molar-refractivity contribution is 6.02. The molecule has 4 aliphatic carbocycles. The molecule has 0 saturated heterocycles. The second-order valence-corrected chi connectivity index (χ2v) is 12.4. The van der Waals surface area contributed by atoms with Crippen molar-refractivity contribution in [2.24, 2.45) is 28.6 Å². The number of unbranched alkanes of at least 4 members (excludes halogenated alkanes) is 1. The Morgan fingerprint density at radius 3 is 2.65 bits per heavy atom. The Kier molecular flexibility index (Phi) is 8.68. The molecule has 202 valence electrons. The van der Waals surface area contributed by atoms with E-state index in [1.807, 2.05) is 13.0 Å². The molecule has 0 aromatic heterocycles. The van der Waals surface area contributed by atoms with E-state index in [1.54, 1.807) is 0 Å². The fraction of sp³-hybridized carbons (Fsp3) is 0.667. The minimum Gasteiger partial charge on any atom is -0.393 e. The van der Waals surface area contributed by atoms with Crippen LogP contribution >= 0.6 is 0 Å². The van der Waals surface area contributed by atoms with Gasteiger partial charge in [0.25, 0.3) is 0 Å². The molecule has 37 heavy (non-hydrogen) atoms. The van der Waals surface area contributed by atoms with Gasteiger partial charge in [-0.25, -0.2) is 0 Å². The van der Waals surface area contributed by atoms with Gasteiger partial charge in [-0.05, 0) is 98.0 Å². The summed E-state index contributed by atoms with van der Waals surface area (Å²) in [6.07, 6.45) is 16.3. The Labute approximate surface area is 223 Å². The molecular weight excluding hydrogens is 460 g/mol. The van der Waals surface area contributed by atoms with Crippen LogP contribution in [-0.2, 0) is 4.79 Å². The van der Waals surface area contributed by atoms with Gasteiger partial charge in [0.2, 0.25) is 5.78 Å². The van der Waals surface area contributed by atoms with Gasteiger partial charge in [0.1, 0.15) is 0 Å². The number of allylic oxidation sites excluding steroid dienone is 4. The lowest BCUT2D eigenvalue weighted by Crippen LogP contribution is -2.35. The standard InChI is InChI=1S/C33H46O4/c1-5-6-7-10-30(36)33(18-19-33)31(37)16-11-22(2)27-14-15-28-24(9-8-17-32(27,28)4)12-13-25-20-26(34)21-29(35)23(25)3/h11-13,16,22,26-29,31,34-35,37H,3,5-6,8-9,14-15,17-21H2,1-2,4H3/b16-11+,24-12+,25-13-/t22-,26-,27-,28+,29+,31-,32-/m1/s1. The minimum absolute atomic E-state index is 0.101. The zero-order valence-electron chi connectivity index (χ0n) is 23.0. The number of Topliss-reactive ketones (excluding diaryl/α,β-unsaturated/α-hetero) is 1. The summed E-state index contributed by atoms with van der Waals surface area (Å²) in [5, 5.41) is 31.2. The molecule has 0 unspecified atom stereocenters. The number of carbonyl (C=O) groups is 1. The van der Waals surface area contributed by atoms with Crippen molar-refractivity contribution < 1.29 is 20.1 Å². The van der Waals surface area contributed by atoms with Gasteiger partial charge in [-0.3, -0.25) is 4.79 Å². The van der Waals surface area contributed by atoms with Gasteiger partial charge in [-0.15, -0.1) is 0 Å². The van der Waals surface area contributed by atoms with E-state index in [1.165, 1.54) is 18.4 Å². The quantitative estimate of drug-likeness (QED) is 0.231. The van der Waals surface area contributed by atoms with Crippen molar-refractivity contribution in [2.45, 2.75) is 110 Å². The van der Waals surface area contributed by atoms with Crippen molar-refractivity contribution in [1.82, 2.24) is 0 Å². The molecule has 4 rings (SSSR count). The van der Waals surface area contributed by atoms with Crippen LogP contribution in [0, 0.1) is 40.4 Å². The average molecular weight is 507 g/mol. The minimum atomic E-state index is -0.758. The largest absolute Gasteiger partial charge is 0.393 e. The molecule has 4 aliphatic rings. The second kappa shape index (κ2) is 11.4. The number of fused-ring (bicyclic) bond motifs is 1. The zero-order chi connectivity index (χ0) is 26.8. The van der Waals surface area contributed by atoms with Crippen molar-refractivity contribution in [3.63, 3.8) is 0 Å². The first-order valence-corrected chi connectivity index (χ1v) is 14.5. The van der Waals surface area contributed by atoms with Crippen molar-refractivity contribution >= 4 is 5.78 Å². The van der Waals surface area contributed by atoms with Crippen LogP contribution < -0.4 is 0 Å². The van der Waals surface area contributed by atoms with Gasteiger partial charge in [-0.2, -0.15) is 0 Å². The molecule has 0 heterocycles. The van der Waals surface area contributed by atoms with Gasteiger partial charge in [-0.1, -0.05) is 63.1 Å². The summed E-state index contributed by atoms with van der Waals surface area (Å²) >= 11 is 0. The maximum absolute atomic E-state index is 12.6. The highest BCUT2D eigenvalue weighted by Crippen LogP contribution is 2.59. The molecule has 4 fully saturated rings. The molecule has 4 heteroatoms. The monoisotopic (exact) mass is 506 g/mol. The lowest BCUT2D eigenvalue weighted by atomic mass is 9.61. The Morgan fingerprint density at radius 2 is 1.95 bits per heavy atom. The van der Waals surface area contributed by atoms with Crippen LogP contribution in [0.15, 0.2) is 47.6 Å². The normalized spacial score (nSPS) is 36.8. The van der Waals surface area contributed by atoms with Gasteiger partial charge >= 0.3 is 0 Å². The molecule has 0 aliphatic heterocycles. The number of aliphatic hydroxyl groups excluding tert-OH is 3. The van der Waals surface area contributed by atoms with Crippen molar-refractivity contribution in [1.29, 1.82) is 0 Å². The molecular formula is C33H46O4. The van der Waals surface area contributed by atoms with Gasteiger partial charge < -0.3 is 15.3 Å². The van der Waals surface area contributed by atoms with Crippen molar-refractivity contribution in [2.75, 3.05) is 0 Å². The summed E-state index contributed by atoms with van der Waals surface area (Å²) in [7, 11) is 0. The maximum atomic E-state index is 12.6. The smallest absolute Gasteiger partial charge is 0.214 e. The third kappa shape index (κ3) is 5.75. The third-order valence-corrected chi connectivity index (χ3v) is 9.92. The molecule has 0 radical (unpaired) electrons. The van der Waals surface area contributed by atoms with Crippen LogP contribution in [-0.4, -0.2) is 39.4 Å². The highest BCUT2D eigenvalue weighted by atomic mass is 16.3.